The minimum Gasteiger partial charge on any atom is -0.444 e. The number of alkyl carbamates (subject to hydrolysis) is 1. The molecule has 1 atom stereocenters. The maximum atomic E-state index is 11.9. The van der Waals surface area contributed by atoms with E-state index in [1.54, 1.807) is 0 Å². The number of rotatable bonds is 10. The molecule has 0 saturated carbocycles. The van der Waals surface area contributed by atoms with Gasteiger partial charge in [0.1, 0.15) is 5.60 Å². The van der Waals surface area contributed by atoms with Gasteiger partial charge in [-0.2, -0.15) is 0 Å². The van der Waals surface area contributed by atoms with E-state index in [-0.39, 0.29) is 6.04 Å². The van der Waals surface area contributed by atoms with Gasteiger partial charge < -0.3 is 10.1 Å². The average Bonchev–Trinajstić information content (AvgIpc) is 2.55. The number of carbonyl (C=O) groups is 1. The maximum Gasteiger partial charge on any atom is 0.407 e. The molecule has 0 aliphatic rings. The van der Waals surface area contributed by atoms with Crippen molar-refractivity contribution in [2.45, 2.75) is 77.9 Å². The van der Waals surface area contributed by atoms with E-state index in [9.17, 15) is 4.79 Å². The first kappa shape index (κ1) is 23.1. The molecule has 1 aromatic rings. The van der Waals surface area contributed by atoms with Crippen LogP contribution in [0.2, 0.25) is 0 Å². The third kappa shape index (κ3) is 9.68. The Morgan fingerprint density at radius 3 is 2.50 bits per heavy atom. The smallest absolute Gasteiger partial charge is 0.407 e. The van der Waals surface area contributed by atoms with E-state index < -0.39 is 11.7 Å². The molecule has 5 heteroatoms. The third-order valence-electron chi connectivity index (χ3n) is 4.18. The fraction of sp³-hybridized carbons (Fsp3) is 0.667. The van der Waals surface area contributed by atoms with E-state index in [0.717, 1.165) is 31.6 Å². The second-order valence-electron chi connectivity index (χ2n) is 7.80. The van der Waals surface area contributed by atoms with Crippen LogP contribution in [0.1, 0.15) is 63.1 Å². The topological polar surface area (TPSA) is 38.3 Å². The molecule has 1 rings (SSSR count). The maximum absolute atomic E-state index is 11.9. The zero-order valence-electron chi connectivity index (χ0n) is 16.5. The van der Waals surface area contributed by atoms with Crippen molar-refractivity contribution in [2.24, 2.45) is 0 Å². The fourth-order valence-electron chi connectivity index (χ4n) is 2.74. The van der Waals surface area contributed by atoms with Crippen LogP contribution >= 0.6 is 23.2 Å². The second-order valence-corrected chi connectivity index (χ2v) is 8.48. The van der Waals surface area contributed by atoms with Gasteiger partial charge in [0.05, 0.1) is 0 Å². The lowest BCUT2D eigenvalue weighted by Crippen LogP contribution is -2.40. The van der Waals surface area contributed by atoms with E-state index in [2.05, 4.69) is 30.4 Å². The Labute approximate surface area is 168 Å². The lowest BCUT2D eigenvalue weighted by molar-refractivity contribution is 0.0507. The van der Waals surface area contributed by atoms with Crippen molar-refractivity contribution in [1.82, 2.24) is 5.32 Å². The van der Waals surface area contributed by atoms with Crippen LogP contribution in [-0.4, -0.2) is 29.5 Å². The molecule has 0 spiro atoms. The van der Waals surface area contributed by atoms with E-state index in [1.807, 2.05) is 20.8 Å². The van der Waals surface area contributed by atoms with E-state index >= 15 is 0 Å². The van der Waals surface area contributed by atoms with Crippen molar-refractivity contribution in [2.75, 3.05) is 11.8 Å². The molecule has 0 bridgehead atoms. The monoisotopic (exact) mass is 401 g/mol. The van der Waals surface area contributed by atoms with Crippen LogP contribution in [0.4, 0.5) is 4.79 Å². The Bertz CT molecular complexity index is 555. The quantitative estimate of drug-likeness (QED) is 0.384. The summed E-state index contributed by atoms with van der Waals surface area (Å²) in [5.41, 5.74) is 3.46. The molecule has 1 unspecified atom stereocenters. The van der Waals surface area contributed by atoms with Crippen LogP contribution < -0.4 is 5.32 Å². The minimum atomic E-state index is -0.505. The standard InChI is InChI=1S/C21H33Cl2NO2/c1-16-9-10-17(8-6-5-7-13-22)14-18(16)11-12-19(15-23)24-20(25)26-21(2,3)4/h9-10,14,19H,5-8,11-13,15H2,1-4H3,(H,24,25). The Balaban J connectivity index is 2.56. The zero-order valence-corrected chi connectivity index (χ0v) is 18.1. The summed E-state index contributed by atoms with van der Waals surface area (Å²) < 4.78 is 5.31. The molecular weight excluding hydrogens is 369 g/mol. The van der Waals surface area contributed by atoms with Gasteiger partial charge >= 0.3 is 6.09 Å². The molecule has 0 aliphatic heterocycles. The number of hydrogen-bond donors (Lipinski definition) is 1. The molecule has 0 heterocycles. The molecule has 1 amide bonds. The first-order valence-electron chi connectivity index (χ1n) is 9.45. The van der Waals surface area contributed by atoms with Crippen LogP contribution in [0, 0.1) is 6.92 Å². The van der Waals surface area contributed by atoms with Crippen LogP contribution in [0.15, 0.2) is 18.2 Å². The van der Waals surface area contributed by atoms with E-state index in [1.165, 1.54) is 29.5 Å². The van der Waals surface area contributed by atoms with Crippen LogP contribution in [0.25, 0.3) is 0 Å². The van der Waals surface area contributed by atoms with Crippen molar-refractivity contribution in [3.63, 3.8) is 0 Å². The number of ether oxygens (including phenoxy) is 1. The molecule has 0 aliphatic carbocycles. The van der Waals surface area contributed by atoms with Gasteiger partial charge in [0.2, 0.25) is 0 Å². The summed E-state index contributed by atoms with van der Waals surface area (Å²) in [6, 6.07) is 6.58. The van der Waals surface area contributed by atoms with Crippen molar-refractivity contribution in [1.29, 1.82) is 0 Å². The number of benzene rings is 1. The van der Waals surface area contributed by atoms with Crippen molar-refractivity contribution >= 4 is 29.3 Å². The summed E-state index contributed by atoms with van der Waals surface area (Å²) in [7, 11) is 0. The lowest BCUT2D eigenvalue weighted by atomic mass is 9.97. The lowest BCUT2D eigenvalue weighted by Gasteiger charge is -2.23. The molecule has 1 N–H and O–H groups in total. The van der Waals surface area contributed by atoms with Gasteiger partial charge in [-0.05, 0) is 76.5 Å². The molecular formula is C21H33Cl2NO2. The molecule has 3 nitrogen and oxygen atoms in total. The number of aryl methyl sites for hydroxylation is 3. The summed E-state index contributed by atoms with van der Waals surface area (Å²) in [5.74, 6) is 1.11. The van der Waals surface area contributed by atoms with Crippen molar-refractivity contribution < 1.29 is 9.53 Å². The first-order chi connectivity index (χ1) is 12.2. The number of hydrogen-bond acceptors (Lipinski definition) is 2. The molecule has 0 saturated heterocycles. The number of unbranched alkanes of at least 4 members (excludes halogenated alkanes) is 2. The van der Waals surface area contributed by atoms with E-state index in [0.29, 0.717) is 5.88 Å². The van der Waals surface area contributed by atoms with Crippen molar-refractivity contribution in [3.05, 3.63) is 34.9 Å². The number of nitrogens with one attached hydrogen (secondary N) is 1. The summed E-state index contributed by atoms with van der Waals surface area (Å²) in [6.45, 7) is 7.68. The highest BCUT2D eigenvalue weighted by molar-refractivity contribution is 6.18. The van der Waals surface area contributed by atoms with Crippen LogP contribution in [0.5, 0.6) is 0 Å². The molecule has 0 aromatic heterocycles. The van der Waals surface area contributed by atoms with Gasteiger partial charge in [-0.15, -0.1) is 23.2 Å². The normalized spacial score (nSPS) is 12.7. The predicted octanol–water partition coefficient (Wildman–Crippen LogP) is 6.01. The van der Waals surface area contributed by atoms with Gasteiger partial charge in [-0.1, -0.05) is 24.6 Å². The molecule has 0 radical (unpaired) electrons. The van der Waals surface area contributed by atoms with Gasteiger partial charge in [0, 0.05) is 17.8 Å². The predicted molar refractivity (Wildman–Crippen MR) is 112 cm³/mol. The van der Waals surface area contributed by atoms with Crippen LogP contribution in [-0.2, 0) is 17.6 Å². The average molecular weight is 402 g/mol. The highest BCUT2D eigenvalue weighted by atomic mass is 35.5. The molecule has 0 fully saturated rings. The van der Waals surface area contributed by atoms with Crippen molar-refractivity contribution in [3.8, 4) is 0 Å². The molecule has 1 aromatic carbocycles. The third-order valence-corrected chi connectivity index (χ3v) is 4.82. The minimum absolute atomic E-state index is 0.0988. The zero-order chi connectivity index (χ0) is 19.6. The largest absolute Gasteiger partial charge is 0.444 e. The Hall–Kier alpha value is -0.930. The number of alkyl halides is 2. The number of amides is 1. The van der Waals surface area contributed by atoms with Crippen LogP contribution in [0.3, 0.4) is 0 Å². The van der Waals surface area contributed by atoms with Gasteiger partial charge in [0.15, 0.2) is 0 Å². The summed E-state index contributed by atoms with van der Waals surface area (Å²) >= 11 is 11.8. The number of halogens is 2. The number of carbonyl (C=O) groups excluding carboxylic acids is 1. The highest BCUT2D eigenvalue weighted by Gasteiger charge is 2.19. The molecule has 148 valence electrons. The molecule has 26 heavy (non-hydrogen) atoms. The summed E-state index contributed by atoms with van der Waals surface area (Å²) in [6.07, 6.45) is 5.76. The second kappa shape index (κ2) is 11.7. The first-order valence-corrected chi connectivity index (χ1v) is 10.5. The summed E-state index contributed by atoms with van der Waals surface area (Å²) in [5, 5.41) is 2.87. The Kier molecular flexibility index (Phi) is 10.4. The highest BCUT2D eigenvalue weighted by Crippen LogP contribution is 2.17. The Morgan fingerprint density at radius 2 is 1.88 bits per heavy atom. The van der Waals surface area contributed by atoms with E-state index in [4.69, 9.17) is 27.9 Å². The SMILES string of the molecule is Cc1ccc(CCCCCCl)cc1CCC(CCl)NC(=O)OC(C)(C)C. The Morgan fingerprint density at radius 1 is 1.15 bits per heavy atom. The van der Waals surface area contributed by atoms with Gasteiger partial charge in [0.25, 0.3) is 0 Å². The van der Waals surface area contributed by atoms with Gasteiger partial charge in [-0.3, -0.25) is 0 Å². The fourth-order valence-corrected chi connectivity index (χ4v) is 3.16. The van der Waals surface area contributed by atoms with Gasteiger partial charge in [-0.25, -0.2) is 4.79 Å². The summed E-state index contributed by atoms with van der Waals surface area (Å²) in [4.78, 5) is 11.9.